The molecule has 2 aliphatic rings. The van der Waals surface area contributed by atoms with Gasteiger partial charge in [-0.15, -0.1) is 0 Å². The first-order valence-electron chi connectivity index (χ1n) is 10.3. The predicted octanol–water partition coefficient (Wildman–Crippen LogP) is 2.96. The lowest BCUT2D eigenvalue weighted by Crippen LogP contribution is -2.30. The third-order valence-corrected chi connectivity index (χ3v) is 5.75. The third-order valence-electron chi connectivity index (χ3n) is 5.75. The first-order chi connectivity index (χ1) is 15.7. The van der Waals surface area contributed by atoms with Crippen molar-refractivity contribution < 1.29 is 14.4 Å². The molecule has 0 spiro atoms. The molecule has 2 aromatic carbocycles. The molecule has 2 amide bonds. The summed E-state index contributed by atoms with van der Waals surface area (Å²) >= 11 is 0. The molecule has 9 heteroatoms. The van der Waals surface area contributed by atoms with Gasteiger partial charge in [0, 0.05) is 19.5 Å². The SMILES string of the molecule is O=C1c2ccccc2C(=O)N1c1ncnc2c1ncn2C1CCN(Cc2ccccc2)O1. The molecule has 4 aromatic rings. The zero-order valence-corrected chi connectivity index (χ0v) is 17.0. The summed E-state index contributed by atoms with van der Waals surface area (Å²) in [6.07, 6.45) is 3.44. The lowest BCUT2D eigenvalue weighted by atomic mass is 10.1. The van der Waals surface area contributed by atoms with Crippen LogP contribution in [-0.4, -0.2) is 42.9 Å². The fourth-order valence-corrected chi connectivity index (χ4v) is 4.22. The molecule has 32 heavy (non-hydrogen) atoms. The summed E-state index contributed by atoms with van der Waals surface area (Å²) in [7, 11) is 0. The smallest absolute Gasteiger partial charge is 0.267 e. The van der Waals surface area contributed by atoms with Gasteiger partial charge in [0.1, 0.15) is 6.33 Å². The molecule has 1 fully saturated rings. The van der Waals surface area contributed by atoms with Gasteiger partial charge in [-0.25, -0.2) is 19.9 Å². The van der Waals surface area contributed by atoms with Crippen LogP contribution in [-0.2, 0) is 11.4 Å². The summed E-state index contributed by atoms with van der Waals surface area (Å²) in [6, 6.07) is 16.9. The highest BCUT2D eigenvalue weighted by atomic mass is 16.7. The minimum atomic E-state index is -0.411. The van der Waals surface area contributed by atoms with Gasteiger partial charge >= 0.3 is 0 Å². The Morgan fingerprint density at radius 3 is 2.38 bits per heavy atom. The molecule has 0 radical (unpaired) electrons. The van der Waals surface area contributed by atoms with Crippen molar-refractivity contribution in [3.63, 3.8) is 0 Å². The molecule has 1 saturated heterocycles. The lowest BCUT2D eigenvalue weighted by Gasteiger charge is -2.17. The lowest BCUT2D eigenvalue weighted by molar-refractivity contribution is -0.174. The minimum Gasteiger partial charge on any atom is -0.286 e. The molecule has 0 aliphatic carbocycles. The average Bonchev–Trinajstić information content (AvgIpc) is 3.52. The molecule has 0 bridgehead atoms. The summed E-state index contributed by atoms with van der Waals surface area (Å²) in [5.41, 5.74) is 2.78. The van der Waals surface area contributed by atoms with Crippen molar-refractivity contribution in [2.45, 2.75) is 19.2 Å². The number of aromatic nitrogens is 4. The number of anilines is 1. The number of fused-ring (bicyclic) bond motifs is 2. The van der Waals surface area contributed by atoms with E-state index >= 15 is 0 Å². The van der Waals surface area contributed by atoms with Crippen LogP contribution >= 0.6 is 0 Å². The molecular weight excluding hydrogens is 408 g/mol. The summed E-state index contributed by atoms with van der Waals surface area (Å²) in [4.78, 5) is 46.1. The van der Waals surface area contributed by atoms with Crippen LogP contribution in [0.3, 0.4) is 0 Å². The van der Waals surface area contributed by atoms with Gasteiger partial charge in [-0.2, -0.15) is 5.06 Å². The molecular formula is C23H18N6O3. The van der Waals surface area contributed by atoms with E-state index in [0.29, 0.717) is 28.8 Å². The van der Waals surface area contributed by atoms with Crippen molar-refractivity contribution in [3.05, 3.63) is 83.9 Å². The Morgan fingerprint density at radius 2 is 1.62 bits per heavy atom. The third kappa shape index (κ3) is 2.90. The van der Waals surface area contributed by atoms with Gasteiger partial charge in [-0.3, -0.25) is 19.0 Å². The van der Waals surface area contributed by atoms with E-state index in [1.807, 2.05) is 27.8 Å². The highest BCUT2D eigenvalue weighted by Crippen LogP contribution is 2.33. The molecule has 1 atom stereocenters. The van der Waals surface area contributed by atoms with Crippen LogP contribution in [0.5, 0.6) is 0 Å². The van der Waals surface area contributed by atoms with E-state index in [1.165, 1.54) is 11.9 Å². The number of hydrogen-bond donors (Lipinski definition) is 0. The fraction of sp³-hybridized carbons (Fsp3) is 0.174. The Balaban J connectivity index is 1.30. The molecule has 2 aliphatic heterocycles. The van der Waals surface area contributed by atoms with Crippen molar-refractivity contribution in [3.8, 4) is 0 Å². The Bertz CT molecular complexity index is 1320. The number of rotatable bonds is 4. The summed E-state index contributed by atoms with van der Waals surface area (Å²) in [6.45, 7) is 1.44. The standard InChI is InChI=1S/C23H18N6O3/c30-22-16-8-4-5-9-17(16)23(31)29(22)21-19-20(24-13-25-21)28(14-26-19)18-10-11-27(32-18)12-15-6-2-1-3-7-15/h1-9,13-14,18H,10-12H2. The second-order valence-electron chi connectivity index (χ2n) is 7.71. The average molecular weight is 426 g/mol. The second kappa shape index (κ2) is 7.33. The molecule has 9 nitrogen and oxygen atoms in total. The zero-order valence-electron chi connectivity index (χ0n) is 17.0. The van der Waals surface area contributed by atoms with Gasteiger partial charge in [-0.05, 0) is 17.7 Å². The van der Waals surface area contributed by atoms with Crippen LogP contribution in [0.25, 0.3) is 11.2 Å². The summed E-state index contributed by atoms with van der Waals surface area (Å²) in [5.74, 6) is -0.642. The van der Waals surface area contributed by atoms with Gasteiger partial charge in [-0.1, -0.05) is 42.5 Å². The minimum absolute atomic E-state index is 0.180. The summed E-state index contributed by atoms with van der Waals surface area (Å²) < 4.78 is 1.82. The van der Waals surface area contributed by atoms with Crippen LogP contribution in [0.2, 0.25) is 0 Å². The van der Waals surface area contributed by atoms with Gasteiger partial charge in [0.25, 0.3) is 11.8 Å². The number of hydroxylamine groups is 2. The molecule has 1 unspecified atom stereocenters. The Kier molecular flexibility index (Phi) is 4.30. The van der Waals surface area contributed by atoms with Crippen LogP contribution in [0, 0.1) is 0 Å². The summed E-state index contributed by atoms with van der Waals surface area (Å²) in [5, 5.41) is 1.91. The normalized spacial score (nSPS) is 18.6. The van der Waals surface area contributed by atoms with E-state index in [1.54, 1.807) is 30.6 Å². The number of carbonyl (C=O) groups excluding carboxylic acids is 2. The maximum atomic E-state index is 12.9. The van der Waals surface area contributed by atoms with E-state index in [-0.39, 0.29) is 12.0 Å². The number of imidazole rings is 1. The number of carbonyl (C=O) groups is 2. The van der Waals surface area contributed by atoms with Crippen molar-refractivity contribution in [1.82, 2.24) is 24.6 Å². The van der Waals surface area contributed by atoms with Gasteiger partial charge in [0.2, 0.25) is 0 Å². The van der Waals surface area contributed by atoms with Crippen molar-refractivity contribution in [2.75, 3.05) is 11.4 Å². The van der Waals surface area contributed by atoms with E-state index in [2.05, 4.69) is 27.1 Å². The van der Waals surface area contributed by atoms with Crippen LogP contribution in [0.15, 0.2) is 67.3 Å². The number of benzene rings is 2. The topological polar surface area (TPSA) is 93.5 Å². The van der Waals surface area contributed by atoms with Gasteiger partial charge < -0.3 is 0 Å². The largest absolute Gasteiger partial charge is 0.286 e. The van der Waals surface area contributed by atoms with Crippen LogP contribution in [0.4, 0.5) is 5.82 Å². The van der Waals surface area contributed by atoms with Crippen LogP contribution < -0.4 is 4.90 Å². The molecule has 0 saturated carbocycles. The first kappa shape index (κ1) is 18.8. The maximum Gasteiger partial charge on any atom is 0.267 e. The predicted molar refractivity (Wildman–Crippen MR) is 114 cm³/mol. The van der Waals surface area contributed by atoms with Crippen molar-refractivity contribution in [2.24, 2.45) is 0 Å². The van der Waals surface area contributed by atoms with Crippen LogP contribution in [0.1, 0.15) is 38.9 Å². The van der Waals surface area contributed by atoms with E-state index in [0.717, 1.165) is 17.9 Å². The Labute approximate surface area is 182 Å². The second-order valence-corrected chi connectivity index (χ2v) is 7.71. The molecule has 0 N–H and O–H groups in total. The fourth-order valence-electron chi connectivity index (χ4n) is 4.22. The van der Waals surface area contributed by atoms with E-state index < -0.39 is 11.8 Å². The van der Waals surface area contributed by atoms with Gasteiger partial charge in [0.05, 0.1) is 17.5 Å². The van der Waals surface area contributed by atoms with E-state index in [4.69, 9.17) is 4.84 Å². The van der Waals surface area contributed by atoms with Crippen molar-refractivity contribution in [1.29, 1.82) is 0 Å². The highest BCUT2D eigenvalue weighted by Gasteiger charge is 2.39. The quantitative estimate of drug-likeness (QED) is 0.463. The molecule has 158 valence electrons. The molecule has 2 aromatic heterocycles. The maximum absolute atomic E-state index is 12.9. The zero-order chi connectivity index (χ0) is 21.7. The Hall–Kier alpha value is -3.95. The first-order valence-corrected chi connectivity index (χ1v) is 10.3. The molecule has 6 rings (SSSR count). The van der Waals surface area contributed by atoms with E-state index in [9.17, 15) is 9.59 Å². The molecule has 4 heterocycles. The Morgan fingerprint density at radius 1 is 0.906 bits per heavy atom. The highest BCUT2D eigenvalue weighted by molar-refractivity contribution is 6.35. The number of nitrogens with zero attached hydrogens (tertiary/aromatic N) is 6. The number of hydrogen-bond acceptors (Lipinski definition) is 7. The number of imide groups is 1. The van der Waals surface area contributed by atoms with Crippen molar-refractivity contribution >= 4 is 28.8 Å². The van der Waals surface area contributed by atoms with Gasteiger partial charge in [0.15, 0.2) is 23.2 Å². The number of amides is 2. The monoisotopic (exact) mass is 426 g/mol.